The maximum atomic E-state index is 12.1. The molecule has 4 heteroatoms. The molecule has 0 bridgehead atoms. The Kier molecular flexibility index (Phi) is 4.78. The maximum absolute atomic E-state index is 12.1. The van der Waals surface area contributed by atoms with Crippen molar-refractivity contribution in [3.8, 4) is 0 Å². The van der Waals surface area contributed by atoms with Crippen LogP contribution in [0.1, 0.15) is 37.8 Å². The normalized spacial score (nSPS) is 21.3. The summed E-state index contributed by atoms with van der Waals surface area (Å²) >= 11 is 3.52. The van der Waals surface area contributed by atoms with Crippen molar-refractivity contribution in [3.05, 3.63) is 34.3 Å². The highest BCUT2D eigenvalue weighted by atomic mass is 79.9. The van der Waals surface area contributed by atoms with Crippen LogP contribution in [0.25, 0.3) is 0 Å². The Morgan fingerprint density at radius 3 is 2.89 bits per heavy atom. The average Bonchev–Trinajstić information content (AvgIpc) is 2.40. The van der Waals surface area contributed by atoms with Crippen molar-refractivity contribution in [3.63, 3.8) is 0 Å². The van der Waals surface area contributed by atoms with Crippen LogP contribution in [-0.2, 0) is 4.79 Å². The van der Waals surface area contributed by atoms with Gasteiger partial charge in [0.25, 0.3) is 0 Å². The van der Waals surface area contributed by atoms with Gasteiger partial charge < -0.3 is 10.6 Å². The Bertz CT molecular complexity index is 416. The lowest BCUT2D eigenvalue weighted by molar-refractivity contribution is -0.124. The third kappa shape index (κ3) is 3.33. The first-order chi connectivity index (χ1) is 8.68. The van der Waals surface area contributed by atoms with Gasteiger partial charge in [0.15, 0.2) is 0 Å². The molecule has 0 aromatic heterocycles. The summed E-state index contributed by atoms with van der Waals surface area (Å²) in [7, 11) is 0. The molecule has 1 heterocycles. The van der Waals surface area contributed by atoms with Crippen LogP contribution in [0, 0.1) is 0 Å². The predicted octanol–water partition coefficient (Wildman–Crippen LogP) is 2.77. The van der Waals surface area contributed by atoms with E-state index in [9.17, 15) is 4.79 Å². The summed E-state index contributed by atoms with van der Waals surface area (Å²) < 4.78 is 1.04. The van der Waals surface area contributed by atoms with Crippen molar-refractivity contribution < 1.29 is 4.79 Å². The molecule has 2 N–H and O–H groups in total. The van der Waals surface area contributed by atoms with Gasteiger partial charge >= 0.3 is 0 Å². The van der Waals surface area contributed by atoms with Crippen LogP contribution in [0.2, 0.25) is 0 Å². The highest BCUT2D eigenvalue weighted by molar-refractivity contribution is 9.10. The Labute approximate surface area is 116 Å². The van der Waals surface area contributed by atoms with Crippen molar-refractivity contribution in [1.82, 2.24) is 10.6 Å². The fraction of sp³-hybridized carbons (Fsp3) is 0.500. The molecule has 98 valence electrons. The van der Waals surface area contributed by atoms with E-state index >= 15 is 0 Å². The third-order valence-electron chi connectivity index (χ3n) is 3.36. The third-order valence-corrected chi connectivity index (χ3v) is 4.08. The van der Waals surface area contributed by atoms with Crippen molar-refractivity contribution in [2.45, 2.75) is 38.3 Å². The molecule has 0 aliphatic carbocycles. The van der Waals surface area contributed by atoms with E-state index in [4.69, 9.17) is 0 Å². The highest BCUT2D eigenvalue weighted by Gasteiger charge is 2.22. The lowest BCUT2D eigenvalue weighted by Crippen LogP contribution is -2.47. The second-order valence-corrected chi connectivity index (χ2v) is 5.61. The molecule has 2 rings (SSSR count). The second-order valence-electron chi connectivity index (χ2n) is 4.75. The van der Waals surface area contributed by atoms with Crippen LogP contribution in [0.5, 0.6) is 0 Å². The number of piperidine rings is 1. The molecule has 1 saturated heterocycles. The van der Waals surface area contributed by atoms with Gasteiger partial charge in [0.1, 0.15) is 0 Å². The zero-order valence-electron chi connectivity index (χ0n) is 10.6. The minimum Gasteiger partial charge on any atom is -0.348 e. The standard InChI is InChI=1S/C14H19BrN2O/c1-10(11-6-2-3-7-12(11)15)17-14(18)13-8-4-5-9-16-13/h2-3,6-7,10,13,16H,4-5,8-9H2,1H3,(H,17,18)/t10-,13-/m1/s1. The van der Waals surface area contributed by atoms with Gasteiger partial charge in [-0.15, -0.1) is 0 Å². The molecular formula is C14H19BrN2O. The number of amides is 1. The highest BCUT2D eigenvalue weighted by Crippen LogP contribution is 2.23. The summed E-state index contributed by atoms with van der Waals surface area (Å²) in [6, 6.07) is 7.99. The molecule has 0 radical (unpaired) electrons. The first kappa shape index (κ1) is 13.6. The Hall–Kier alpha value is -0.870. The first-order valence-electron chi connectivity index (χ1n) is 6.46. The van der Waals surface area contributed by atoms with E-state index in [1.807, 2.05) is 31.2 Å². The number of benzene rings is 1. The summed E-state index contributed by atoms with van der Waals surface area (Å²) in [4.78, 5) is 12.1. The molecule has 0 spiro atoms. The molecule has 0 unspecified atom stereocenters. The van der Waals surface area contributed by atoms with Crippen molar-refractivity contribution in [2.24, 2.45) is 0 Å². The fourth-order valence-corrected chi connectivity index (χ4v) is 2.92. The van der Waals surface area contributed by atoms with Crippen LogP contribution in [0.15, 0.2) is 28.7 Å². The minimum absolute atomic E-state index is 0.0244. The minimum atomic E-state index is -0.0244. The molecular weight excluding hydrogens is 292 g/mol. The fourth-order valence-electron chi connectivity index (χ4n) is 2.29. The molecule has 0 saturated carbocycles. The molecule has 3 nitrogen and oxygen atoms in total. The molecule has 1 amide bonds. The van der Waals surface area contributed by atoms with E-state index in [0.717, 1.165) is 29.4 Å². The van der Waals surface area contributed by atoms with Crippen LogP contribution in [-0.4, -0.2) is 18.5 Å². The summed E-state index contributed by atoms with van der Waals surface area (Å²) in [6.07, 6.45) is 3.24. The van der Waals surface area contributed by atoms with Gasteiger partial charge in [-0.3, -0.25) is 4.79 Å². The SMILES string of the molecule is C[C@@H](NC(=O)[C@H]1CCCCN1)c1ccccc1Br. The van der Waals surface area contributed by atoms with Crippen LogP contribution in [0.4, 0.5) is 0 Å². The number of nitrogens with one attached hydrogen (secondary N) is 2. The lowest BCUT2D eigenvalue weighted by Gasteiger charge is -2.25. The molecule has 18 heavy (non-hydrogen) atoms. The van der Waals surface area contributed by atoms with Gasteiger partial charge in [-0.1, -0.05) is 40.5 Å². The maximum Gasteiger partial charge on any atom is 0.237 e. The molecule has 1 aliphatic rings. The number of halogens is 1. The van der Waals surface area contributed by atoms with Crippen LogP contribution in [0.3, 0.4) is 0 Å². The van der Waals surface area contributed by atoms with Gasteiger partial charge in [0.05, 0.1) is 12.1 Å². The Balaban J connectivity index is 1.96. The monoisotopic (exact) mass is 310 g/mol. The quantitative estimate of drug-likeness (QED) is 0.901. The van der Waals surface area contributed by atoms with Gasteiger partial charge in [-0.2, -0.15) is 0 Å². The van der Waals surface area contributed by atoms with E-state index in [2.05, 4.69) is 26.6 Å². The van der Waals surface area contributed by atoms with Gasteiger partial charge in [-0.05, 0) is 37.9 Å². The van der Waals surface area contributed by atoms with Crippen molar-refractivity contribution >= 4 is 21.8 Å². The smallest absolute Gasteiger partial charge is 0.237 e. The Morgan fingerprint density at radius 1 is 1.44 bits per heavy atom. The predicted molar refractivity (Wildman–Crippen MR) is 76.3 cm³/mol. The van der Waals surface area contributed by atoms with Crippen molar-refractivity contribution in [1.29, 1.82) is 0 Å². The largest absolute Gasteiger partial charge is 0.348 e. The number of carbonyl (C=O) groups is 1. The van der Waals surface area contributed by atoms with Crippen LogP contribution < -0.4 is 10.6 Å². The zero-order valence-corrected chi connectivity index (χ0v) is 12.2. The second kappa shape index (κ2) is 6.34. The molecule has 1 aromatic carbocycles. The number of carbonyl (C=O) groups excluding carboxylic acids is 1. The average molecular weight is 311 g/mol. The first-order valence-corrected chi connectivity index (χ1v) is 7.26. The van der Waals surface area contributed by atoms with Gasteiger partial charge in [0, 0.05) is 4.47 Å². The number of hydrogen-bond acceptors (Lipinski definition) is 2. The van der Waals surface area contributed by atoms with E-state index in [-0.39, 0.29) is 18.0 Å². The molecule has 1 fully saturated rings. The molecule has 1 aromatic rings. The topological polar surface area (TPSA) is 41.1 Å². The summed E-state index contributed by atoms with van der Waals surface area (Å²) in [6.45, 7) is 2.96. The summed E-state index contributed by atoms with van der Waals surface area (Å²) in [5.74, 6) is 0.109. The van der Waals surface area contributed by atoms with Gasteiger partial charge in [0.2, 0.25) is 5.91 Å². The van der Waals surface area contributed by atoms with Gasteiger partial charge in [-0.25, -0.2) is 0 Å². The van der Waals surface area contributed by atoms with E-state index in [1.165, 1.54) is 6.42 Å². The molecule has 1 aliphatic heterocycles. The Morgan fingerprint density at radius 2 is 2.22 bits per heavy atom. The number of rotatable bonds is 3. The lowest BCUT2D eigenvalue weighted by atomic mass is 10.0. The summed E-state index contributed by atoms with van der Waals surface area (Å²) in [5, 5.41) is 6.34. The number of hydrogen-bond donors (Lipinski definition) is 2. The van der Waals surface area contributed by atoms with Crippen molar-refractivity contribution in [2.75, 3.05) is 6.54 Å². The van der Waals surface area contributed by atoms with E-state index in [1.54, 1.807) is 0 Å². The van der Waals surface area contributed by atoms with E-state index < -0.39 is 0 Å². The summed E-state index contributed by atoms with van der Waals surface area (Å²) in [5.41, 5.74) is 1.11. The molecule has 2 atom stereocenters. The zero-order chi connectivity index (χ0) is 13.0. The van der Waals surface area contributed by atoms with Crippen LogP contribution >= 0.6 is 15.9 Å². The van der Waals surface area contributed by atoms with E-state index in [0.29, 0.717) is 0 Å².